The molecule has 0 unspecified atom stereocenters. The molecule has 0 N–H and O–H groups in total. The Bertz CT molecular complexity index is 52.1. The Morgan fingerprint density at radius 2 is 1.86 bits per heavy atom. The molecule has 1 heterocycles. The molecule has 36 valence electrons. The van der Waals surface area contributed by atoms with E-state index in [-0.39, 0.29) is 15.4 Å². The lowest BCUT2D eigenvalue weighted by Gasteiger charge is -2.10. The van der Waals surface area contributed by atoms with Gasteiger partial charge in [0, 0.05) is 0 Å². The largest absolute Gasteiger partial charge is 0.651 e. The van der Waals surface area contributed by atoms with Crippen LogP contribution in [-0.4, -0.2) is 22.8 Å². The average molecular weight is 101 g/mol. The minimum atomic E-state index is -1.59. The zero-order chi connectivity index (χ0) is 5.11. The standard InChI is InChI=1S/B3FH2O3/c4-3-6-1-5-2-7-3/h1-2H. The van der Waals surface area contributed by atoms with E-state index < -0.39 is 7.40 Å². The lowest BCUT2D eigenvalue weighted by Crippen LogP contribution is -2.31. The van der Waals surface area contributed by atoms with Gasteiger partial charge in [-0.25, -0.2) is 0 Å². The lowest BCUT2D eigenvalue weighted by molar-refractivity contribution is 0.283. The van der Waals surface area contributed by atoms with Crippen molar-refractivity contribution in [3.8, 4) is 0 Å². The summed E-state index contributed by atoms with van der Waals surface area (Å²) in [5.74, 6) is 0. The van der Waals surface area contributed by atoms with Gasteiger partial charge >= 0.3 is 22.8 Å². The molecule has 1 aliphatic heterocycles. The average Bonchev–Trinajstić information content (AvgIpc) is 1.69. The highest BCUT2D eigenvalue weighted by Gasteiger charge is 2.23. The molecule has 0 atom stereocenters. The van der Waals surface area contributed by atoms with E-state index in [0.717, 1.165) is 0 Å². The molecule has 1 saturated heterocycles. The first kappa shape index (κ1) is 5.15. The Morgan fingerprint density at radius 1 is 1.29 bits per heavy atom. The monoisotopic (exact) mass is 102 g/mol. The molecular formula is H2B3FO3. The fourth-order valence-electron chi connectivity index (χ4n) is 0.285. The molecule has 0 aromatic carbocycles. The minimum Gasteiger partial charge on any atom is -0.458 e. The Morgan fingerprint density at radius 3 is 2.14 bits per heavy atom. The smallest absolute Gasteiger partial charge is 0.458 e. The summed E-state index contributed by atoms with van der Waals surface area (Å²) in [5, 5.41) is 0. The summed E-state index contributed by atoms with van der Waals surface area (Å²) in [7, 11) is -1.61. The third-order valence-electron chi connectivity index (χ3n) is 0.565. The molecule has 1 aliphatic rings. The van der Waals surface area contributed by atoms with Gasteiger partial charge in [0.15, 0.2) is 0 Å². The third-order valence-corrected chi connectivity index (χ3v) is 0.565. The highest BCUT2D eigenvalue weighted by atomic mass is 19.1. The van der Waals surface area contributed by atoms with Crippen molar-refractivity contribution in [1.29, 1.82) is 0 Å². The molecule has 3 nitrogen and oxygen atoms in total. The maximum absolute atomic E-state index is 11.7. The van der Waals surface area contributed by atoms with Crippen LogP contribution in [0.1, 0.15) is 0 Å². The van der Waals surface area contributed by atoms with Gasteiger partial charge in [-0.05, 0) is 0 Å². The Labute approximate surface area is 41.9 Å². The number of halogens is 1. The summed E-state index contributed by atoms with van der Waals surface area (Å²) in [6.45, 7) is 0. The van der Waals surface area contributed by atoms with Gasteiger partial charge in [-0.1, -0.05) is 0 Å². The summed E-state index contributed by atoms with van der Waals surface area (Å²) >= 11 is 0. The summed E-state index contributed by atoms with van der Waals surface area (Å²) in [6, 6.07) is 0. The predicted molar refractivity (Wildman–Crippen MR) is 24.4 cm³/mol. The molecule has 0 bridgehead atoms. The first-order valence-electron chi connectivity index (χ1n) is 1.84. The first-order valence-corrected chi connectivity index (χ1v) is 1.84. The highest BCUT2D eigenvalue weighted by molar-refractivity contribution is 6.56. The van der Waals surface area contributed by atoms with E-state index in [4.69, 9.17) is 0 Å². The molecule has 0 radical (unpaired) electrons. The van der Waals surface area contributed by atoms with Crippen LogP contribution in [0.5, 0.6) is 0 Å². The van der Waals surface area contributed by atoms with Crippen LogP contribution >= 0.6 is 0 Å². The van der Waals surface area contributed by atoms with Crippen molar-refractivity contribution in [2.24, 2.45) is 0 Å². The van der Waals surface area contributed by atoms with Crippen LogP contribution in [0.15, 0.2) is 0 Å². The summed E-state index contributed by atoms with van der Waals surface area (Å²) in [4.78, 5) is 0. The Kier molecular flexibility index (Phi) is 1.73. The molecule has 1 rings (SSSR count). The van der Waals surface area contributed by atoms with E-state index >= 15 is 0 Å². The van der Waals surface area contributed by atoms with E-state index in [2.05, 4.69) is 13.7 Å². The maximum atomic E-state index is 11.7. The van der Waals surface area contributed by atoms with Gasteiger partial charge < -0.3 is 13.7 Å². The Balaban J connectivity index is 2.12. The van der Waals surface area contributed by atoms with Crippen molar-refractivity contribution < 1.29 is 18.0 Å². The normalized spacial score (nSPS) is 20.4. The lowest BCUT2D eigenvalue weighted by atomic mass is 10.1. The second kappa shape index (κ2) is 2.35. The van der Waals surface area contributed by atoms with Crippen molar-refractivity contribution in [2.75, 3.05) is 0 Å². The number of hydrogen-bond donors (Lipinski definition) is 0. The molecule has 0 spiro atoms. The molecule has 0 aromatic rings. The van der Waals surface area contributed by atoms with Gasteiger partial charge in [0.2, 0.25) is 0 Å². The van der Waals surface area contributed by atoms with E-state index in [1.807, 2.05) is 0 Å². The molecule has 0 aliphatic carbocycles. The second-order valence-electron chi connectivity index (χ2n) is 1.05. The van der Waals surface area contributed by atoms with Crippen LogP contribution < -0.4 is 0 Å². The quantitative estimate of drug-likeness (QED) is 0.349. The second-order valence-corrected chi connectivity index (χ2v) is 1.05. The Hall–Kier alpha value is 0.00481. The third kappa shape index (κ3) is 1.50. The van der Waals surface area contributed by atoms with Crippen molar-refractivity contribution in [2.45, 2.75) is 0 Å². The minimum absolute atomic E-state index is 0.0127. The zero-order valence-corrected chi connectivity index (χ0v) is 3.59. The van der Waals surface area contributed by atoms with Gasteiger partial charge in [0.05, 0.1) is 0 Å². The molecule has 0 amide bonds. The van der Waals surface area contributed by atoms with Crippen molar-refractivity contribution >= 4 is 22.8 Å². The molecule has 0 aromatic heterocycles. The molecule has 7 heteroatoms. The van der Waals surface area contributed by atoms with Crippen LogP contribution in [0.25, 0.3) is 0 Å². The van der Waals surface area contributed by atoms with Crippen molar-refractivity contribution in [3.63, 3.8) is 0 Å². The van der Waals surface area contributed by atoms with Crippen molar-refractivity contribution in [3.05, 3.63) is 0 Å². The van der Waals surface area contributed by atoms with Gasteiger partial charge in [0.1, 0.15) is 0 Å². The topological polar surface area (TPSA) is 27.7 Å². The fraction of sp³-hybridized carbons (Fsp3) is 0. The van der Waals surface area contributed by atoms with Crippen molar-refractivity contribution in [1.82, 2.24) is 0 Å². The first-order chi connectivity index (χ1) is 3.39. The summed E-state index contributed by atoms with van der Waals surface area (Å²) in [5.41, 5.74) is 0. The van der Waals surface area contributed by atoms with Crippen LogP contribution in [0.3, 0.4) is 0 Å². The van der Waals surface area contributed by atoms with Crippen LogP contribution in [0.4, 0.5) is 4.32 Å². The van der Waals surface area contributed by atoms with E-state index in [1.54, 1.807) is 0 Å². The van der Waals surface area contributed by atoms with Gasteiger partial charge in [-0.15, -0.1) is 0 Å². The van der Waals surface area contributed by atoms with Gasteiger partial charge in [-0.3, -0.25) is 4.32 Å². The van der Waals surface area contributed by atoms with E-state index in [0.29, 0.717) is 0 Å². The summed E-state index contributed by atoms with van der Waals surface area (Å²) < 4.78 is 24.4. The number of hydrogen-bond acceptors (Lipinski definition) is 3. The van der Waals surface area contributed by atoms with E-state index in [9.17, 15) is 4.32 Å². The number of rotatable bonds is 0. The SMILES string of the molecule is FB1OBOBO1. The van der Waals surface area contributed by atoms with Crippen LogP contribution in [0.2, 0.25) is 0 Å². The molecule has 0 saturated carbocycles. The van der Waals surface area contributed by atoms with Gasteiger partial charge in [0.25, 0.3) is 0 Å². The van der Waals surface area contributed by atoms with Gasteiger partial charge in [-0.2, -0.15) is 0 Å². The molecule has 1 fully saturated rings. The highest BCUT2D eigenvalue weighted by Crippen LogP contribution is 1.93. The maximum Gasteiger partial charge on any atom is 0.651 e. The van der Waals surface area contributed by atoms with E-state index in [1.165, 1.54) is 0 Å². The molecule has 7 heavy (non-hydrogen) atoms. The zero-order valence-electron chi connectivity index (χ0n) is 3.59. The van der Waals surface area contributed by atoms with Crippen LogP contribution in [0, 0.1) is 0 Å². The fourth-order valence-corrected chi connectivity index (χ4v) is 0.285. The predicted octanol–water partition coefficient (Wildman–Crippen LogP) is -1.46. The summed E-state index contributed by atoms with van der Waals surface area (Å²) in [6.07, 6.45) is 0. The molecular weight excluding hydrogens is 99.4 g/mol. The van der Waals surface area contributed by atoms with Crippen LogP contribution in [-0.2, 0) is 13.7 Å².